The number of carbonyl (C=O) groups excluding carboxylic acids is 1. The molecule has 110 valence electrons. The molecule has 0 fully saturated rings. The number of allylic oxidation sites excluding steroid dienone is 1. The predicted molar refractivity (Wildman–Crippen MR) is 84.3 cm³/mol. The fourth-order valence-corrected chi connectivity index (χ4v) is 2.85. The molecule has 1 aliphatic rings. The van der Waals surface area contributed by atoms with E-state index < -0.39 is 0 Å². The highest BCUT2D eigenvalue weighted by atomic mass is 16.1. The Morgan fingerprint density at radius 2 is 2.29 bits per heavy atom. The second kappa shape index (κ2) is 6.12. The quantitative estimate of drug-likeness (QED) is 0.844. The lowest BCUT2D eigenvalue weighted by molar-refractivity contribution is 0.0954. The topological polar surface area (TPSA) is 57.8 Å². The van der Waals surface area contributed by atoms with Crippen LogP contribution in [0.2, 0.25) is 0 Å². The Labute approximate surface area is 124 Å². The van der Waals surface area contributed by atoms with Crippen LogP contribution in [0.25, 0.3) is 11.0 Å². The van der Waals surface area contributed by atoms with Crippen molar-refractivity contribution >= 4 is 16.9 Å². The van der Waals surface area contributed by atoms with Gasteiger partial charge in [-0.3, -0.25) is 4.79 Å². The van der Waals surface area contributed by atoms with E-state index in [9.17, 15) is 4.79 Å². The van der Waals surface area contributed by atoms with Crippen molar-refractivity contribution in [1.29, 1.82) is 0 Å². The van der Waals surface area contributed by atoms with E-state index in [1.54, 1.807) is 0 Å². The maximum Gasteiger partial charge on any atom is 0.251 e. The van der Waals surface area contributed by atoms with Crippen LogP contribution in [0.5, 0.6) is 0 Å². The number of carbonyl (C=O) groups is 1. The molecule has 0 saturated carbocycles. The van der Waals surface area contributed by atoms with Crippen molar-refractivity contribution in [3.63, 3.8) is 0 Å². The highest BCUT2D eigenvalue weighted by Gasteiger charge is 2.09. The first kappa shape index (κ1) is 13.9. The first-order valence-corrected chi connectivity index (χ1v) is 7.65. The summed E-state index contributed by atoms with van der Waals surface area (Å²) in [5.74, 6) is 0.854. The van der Waals surface area contributed by atoms with Gasteiger partial charge in [-0.1, -0.05) is 11.6 Å². The van der Waals surface area contributed by atoms with Crippen molar-refractivity contribution < 1.29 is 4.79 Å². The van der Waals surface area contributed by atoms with Crippen LogP contribution < -0.4 is 5.32 Å². The van der Waals surface area contributed by atoms with Crippen molar-refractivity contribution in [3.8, 4) is 0 Å². The van der Waals surface area contributed by atoms with Crippen LogP contribution in [0.3, 0.4) is 0 Å². The second-order valence-electron chi connectivity index (χ2n) is 5.67. The molecule has 1 amide bonds. The lowest BCUT2D eigenvalue weighted by Gasteiger charge is -2.12. The molecule has 0 atom stereocenters. The number of imidazole rings is 1. The number of amides is 1. The van der Waals surface area contributed by atoms with Crippen LogP contribution in [-0.2, 0) is 0 Å². The number of hydrogen-bond donors (Lipinski definition) is 2. The summed E-state index contributed by atoms with van der Waals surface area (Å²) >= 11 is 0. The molecule has 2 N–H and O–H groups in total. The van der Waals surface area contributed by atoms with Gasteiger partial charge in [-0.2, -0.15) is 0 Å². The fourth-order valence-electron chi connectivity index (χ4n) is 2.85. The lowest BCUT2D eigenvalue weighted by Crippen LogP contribution is -2.24. The fraction of sp³-hybridized carbons (Fsp3) is 0.412. The molecule has 0 spiro atoms. The number of rotatable bonds is 4. The number of aromatic amines is 1. The van der Waals surface area contributed by atoms with Gasteiger partial charge in [0.25, 0.3) is 5.91 Å². The van der Waals surface area contributed by atoms with Gasteiger partial charge in [0.15, 0.2) is 0 Å². The number of hydrogen-bond acceptors (Lipinski definition) is 2. The zero-order valence-corrected chi connectivity index (χ0v) is 12.4. The van der Waals surface area contributed by atoms with E-state index in [0.29, 0.717) is 12.1 Å². The van der Waals surface area contributed by atoms with Gasteiger partial charge >= 0.3 is 0 Å². The van der Waals surface area contributed by atoms with Crippen molar-refractivity contribution in [2.24, 2.45) is 0 Å². The zero-order chi connectivity index (χ0) is 14.7. The lowest BCUT2D eigenvalue weighted by atomic mass is 9.97. The average Bonchev–Trinajstić information content (AvgIpc) is 2.87. The molecule has 1 aromatic heterocycles. The highest BCUT2D eigenvalue weighted by molar-refractivity contribution is 5.97. The summed E-state index contributed by atoms with van der Waals surface area (Å²) < 4.78 is 0. The van der Waals surface area contributed by atoms with Gasteiger partial charge in [0.2, 0.25) is 0 Å². The summed E-state index contributed by atoms with van der Waals surface area (Å²) in [5, 5.41) is 3.00. The van der Waals surface area contributed by atoms with E-state index in [1.807, 2.05) is 25.1 Å². The van der Waals surface area contributed by atoms with E-state index in [4.69, 9.17) is 0 Å². The molecule has 0 radical (unpaired) electrons. The molecule has 4 heteroatoms. The van der Waals surface area contributed by atoms with Gasteiger partial charge in [-0.15, -0.1) is 0 Å². The van der Waals surface area contributed by atoms with E-state index >= 15 is 0 Å². The summed E-state index contributed by atoms with van der Waals surface area (Å²) in [6.07, 6.45) is 8.27. The van der Waals surface area contributed by atoms with Crippen molar-refractivity contribution in [3.05, 3.63) is 41.2 Å². The highest BCUT2D eigenvalue weighted by Crippen LogP contribution is 2.19. The van der Waals surface area contributed by atoms with Crippen LogP contribution in [-0.4, -0.2) is 22.4 Å². The zero-order valence-electron chi connectivity index (χ0n) is 12.4. The van der Waals surface area contributed by atoms with Gasteiger partial charge in [-0.25, -0.2) is 4.98 Å². The normalized spacial score (nSPS) is 15.0. The van der Waals surface area contributed by atoms with Crippen LogP contribution >= 0.6 is 0 Å². The van der Waals surface area contributed by atoms with E-state index in [1.165, 1.54) is 31.3 Å². The van der Waals surface area contributed by atoms with E-state index in [0.717, 1.165) is 23.3 Å². The van der Waals surface area contributed by atoms with Gasteiger partial charge < -0.3 is 10.3 Å². The predicted octanol–water partition coefficient (Wildman–Crippen LogP) is 3.49. The molecule has 3 rings (SSSR count). The molecule has 2 aromatic rings. The Morgan fingerprint density at radius 3 is 3.10 bits per heavy atom. The van der Waals surface area contributed by atoms with Gasteiger partial charge in [0.1, 0.15) is 5.82 Å². The molecule has 0 unspecified atom stereocenters. The third kappa shape index (κ3) is 3.32. The first-order chi connectivity index (χ1) is 10.2. The first-order valence-electron chi connectivity index (χ1n) is 7.65. The number of nitrogens with zero attached hydrogens (tertiary/aromatic N) is 1. The van der Waals surface area contributed by atoms with Crippen molar-refractivity contribution in [1.82, 2.24) is 15.3 Å². The Balaban J connectivity index is 1.59. The number of nitrogens with one attached hydrogen (secondary N) is 2. The number of fused-ring (bicyclic) bond motifs is 1. The summed E-state index contributed by atoms with van der Waals surface area (Å²) in [7, 11) is 0. The smallest absolute Gasteiger partial charge is 0.251 e. The molecule has 1 heterocycles. The van der Waals surface area contributed by atoms with Crippen LogP contribution in [0.4, 0.5) is 0 Å². The van der Waals surface area contributed by atoms with Gasteiger partial charge in [0, 0.05) is 12.1 Å². The molecule has 1 aromatic carbocycles. The number of aryl methyl sites for hydroxylation is 1. The molecule has 21 heavy (non-hydrogen) atoms. The largest absolute Gasteiger partial charge is 0.352 e. The standard InChI is InChI=1S/C17H21N3O/c1-12-19-15-8-7-14(11-16(15)20-12)17(21)18-10-9-13-5-3-2-4-6-13/h5,7-8,11H,2-4,6,9-10H2,1H3,(H,18,21)(H,19,20). The molecular weight excluding hydrogens is 262 g/mol. The Morgan fingerprint density at radius 1 is 1.38 bits per heavy atom. The molecule has 4 nitrogen and oxygen atoms in total. The van der Waals surface area contributed by atoms with Crippen LogP contribution in [0.15, 0.2) is 29.8 Å². The summed E-state index contributed by atoms with van der Waals surface area (Å²) in [6, 6.07) is 5.58. The molecule has 0 aliphatic heterocycles. The minimum absolute atomic E-state index is 0.0134. The molecule has 0 bridgehead atoms. The number of benzene rings is 1. The van der Waals surface area contributed by atoms with Crippen LogP contribution in [0.1, 0.15) is 48.3 Å². The molecular formula is C17H21N3O. The third-order valence-electron chi connectivity index (χ3n) is 3.98. The summed E-state index contributed by atoms with van der Waals surface area (Å²) in [4.78, 5) is 19.7. The molecule has 1 aliphatic carbocycles. The Hall–Kier alpha value is -2.10. The maximum atomic E-state index is 12.2. The third-order valence-corrected chi connectivity index (χ3v) is 3.98. The summed E-state index contributed by atoms with van der Waals surface area (Å²) in [5.41, 5.74) is 3.98. The van der Waals surface area contributed by atoms with Crippen molar-refractivity contribution in [2.75, 3.05) is 6.54 Å². The molecule has 0 saturated heterocycles. The minimum Gasteiger partial charge on any atom is -0.352 e. The SMILES string of the molecule is Cc1nc2ccc(C(=O)NCCC3=CCCCC3)cc2[nH]1. The second-order valence-corrected chi connectivity index (χ2v) is 5.67. The summed E-state index contributed by atoms with van der Waals surface area (Å²) in [6.45, 7) is 2.63. The Kier molecular flexibility index (Phi) is 4.04. The van der Waals surface area contributed by atoms with Crippen LogP contribution in [0, 0.1) is 6.92 Å². The van der Waals surface area contributed by atoms with Crippen molar-refractivity contribution in [2.45, 2.75) is 39.0 Å². The minimum atomic E-state index is -0.0134. The Bertz CT molecular complexity index is 684. The monoisotopic (exact) mass is 283 g/mol. The average molecular weight is 283 g/mol. The maximum absolute atomic E-state index is 12.2. The van der Waals surface area contributed by atoms with E-state index in [2.05, 4.69) is 21.4 Å². The number of aromatic nitrogens is 2. The van der Waals surface area contributed by atoms with Gasteiger partial charge in [0.05, 0.1) is 11.0 Å². The van der Waals surface area contributed by atoms with Gasteiger partial charge in [-0.05, 0) is 57.2 Å². The number of H-pyrrole nitrogens is 1. The van der Waals surface area contributed by atoms with E-state index in [-0.39, 0.29) is 5.91 Å².